The summed E-state index contributed by atoms with van der Waals surface area (Å²) in [6.07, 6.45) is 4.53. The van der Waals surface area contributed by atoms with E-state index in [1.165, 1.54) is 22.3 Å². The lowest BCUT2D eigenvalue weighted by Gasteiger charge is -2.43. The Balaban J connectivity index is 1.05. The Hall–Kier alpha value is -8.28. The van der Waals surface area contributed by atoms with Gasteiger partial charge < -0.3 is 23.9 Å². The second-order valence-corrected chi connectivity index (χ2v) is 19.0. The largest absolute Gasteiger partial charge is 0.455 e. The van der Waals surface area contributed by atoms with E-state index in [1.54, 1.807) is 0 Å². The van der Waals surface area contributed by atoms with E-state index in [0.717, 1.165) is 95.8 Å². The van der Waals surface area contributed by atoms with Gasteiger partial charge in [0.1, 0.15) is 11.2 Å². The van der Waals surface area contributed by atoms with Crippen molar-refractivity contribution in [1.29, 1.82) is 0 Å². The molecule has 67 heavy (non-hydrogen) atoms. The molecule has 2 aliphatic heterocycles. The summed E-state index contributed by atoms with van der Waals surface area (Å²) in [5.74, 6) is 1.65. The highest BCUT2D eigenvalue weighted by molar-refractivity contribution is 6.17. The van der Waals surface area contributed by atoms with Crippen molar-refractivity contribution in [3.05, 3.63) is 234 Å². The number of nitrogens with zero attached hydrogens (tertiary/aromatic N) is 3. The van der Waals surface area contributed by atoms with Gasteiger partial charge in [-0.3, -0.25) is 0 Å². The summed E-state index contributed by atoms with van der Waals surface area (Å²) in [5, 5.41) is 2.18. The van der Waals surface area contributed by atoms with Crippen LogP contribution in [-0.4, -0.2) is 0 Å². The quantitative estimate of drug-likeness (QED) is 0.172. The second-order valence-electron chi connectivity index (χ2n) is 19.0. The van der Waals surface area contributed by atoms with E-state index in [9.17, 15) is 0 Å². The molecule has 13 rings (SSSR count). The zero-order valence-electron chi connectivity index (χ0n) is 37.9. The molecule has 0 radical (unpaired) electrons. The van der Waals surface area contributed by atoms with Crippen LogP contribution in [0.5, 0.6) is 11.5 Å². The number of furan rings is 1. The molecule has 0 unspecified atom stereocenters. The van der Waals surface area contributed by atoms with Gasteiger partial charge in [0, 0.05) is 44.5 Å². The van der Waals surface area contributed by atoms with Gasteiger partial charge in [-0.2, -0.15) is 0 Å². The minimum Gasteiger partial charge on any atom is -0.455 e. The van der Waals surface area contributed by atoms with Crippen LogP contribution in [-0.2, 0) is 10.8 Å². The lowest BCUT2D eigenvalue weighted by molar-refractivity contribution is 0.476. The molecule has 1 aromatic heterocycles. The molecular weight excluding hydrogens is 819 g/mol. The fourth-order valence-electron chi connectivity index (χ4n) is 11.1. The van der Waals surface area contributed by atoms with Crippen LogP contribution in [0.4, 0.5) is 51.2 Å². The van der Waals surface area contributed by atoms with Gasteiger partial charge in [0.2, 0.25) is 0 Å². The molecule has 5 nitrogen and oxygen atoms in total. The van der Waals surface area contributed by atoms with Gasteiger partial charge >= 0.3 is 0 Å². The predicted octanol–water partition coefficient (Wildman–Crippen LogP) is 17.6. The van der Waals surface area contributed by atoms with Crippen LogP contribution in [0, 0.1) is 0 Å². The Kier molecular flexibility index (Phi) is 8.53. The average Bonchev–Trinajstić information content (AvgIpc) is 3.71. The molecule has 3 heterocycles. The van der Waals surface area contributed by atoms with Gasteiger partial charge in [-0.15, -0.1) is 0 Å². The molecule has 5 heteroatoms. The van der Waals surface area contributed by atoms with Crippen molar-refractivity contribution in [1.82, 2.24) is 0 Å². The molecule has 0 saturated carbocycles. The second kappa shape index (κ2) is 14.6. The van der Waals surface area contributed by atoms with Gasteiger partial charge in [-0.05, 0) is 125 Å². The molecule has 322 valence electrons. The number of ether oxygens (including phenoxy) is 1. The SMILES string of the molecule is CC1(C)c2ccccc2N(c2cc3c(c4oc5ccccc5c24)C=Cc2cc4c(cc2C3(C)C)N(c2ccccc2)c2ccccc2O4)c2ccc(N(c3ccccc3)c3ccccc3)cc21. The molecule has 0 amide bonds. The molecule has 0 atom stereocenters. The third-order valence-corrected chi connectivity index (χ3v) is 14.4. The average molecular weight is 866 g/mol. The van der Waals surface area contributed by atoms with Crippen LogP contribution >= 0.6 is 0 Å². The number of hydrogen-bond donors (Lipinski definition) is 0. The van der Waals surface area contributed by atoms with Crippen LogP contribution in [0.2, 0.25) is 0 Å². The number of benzene rings is 9. The summed E-state index contributed by atoms with van der Waals surface area (Å²) in [6, 6.07) is 71.8. The summed E-state index contributed by atoms with van der Waals surface area (Å²) < 4.78 is 13.8. The van der Waals surface area contributed by atoms with Crippen molar-refractivity contribution in [3.63, 3.8) is 0 Å². The van der Waals surface area contributed by atoms with E-state index in [1.807, 2.05) is 6.07 Å². The first-order chi connectivity index (χ1) is 32.8. The van der Waals surface area contributed by atoms with Gasteiger partial charge in [-0.25, -0.2) is 0 Å². The fourth-order valence-corrected chi connectivity index (χ4v) is 11.1. The highest BCUT2D eigenvalue weighted by atomic mass is 16.5. The van der Waals surface area contributed by atoms with Crippen molar-refractivity contribution >= 4 is 85.3 Å². The zero-order valence-corrected chi connectivity index (χ0v) is 37.9. The van der Waals surface area contributed by atoms with Crippen LogP contribution in [0.3, 0.4) is 0 Å². The molecule has 1 aliphatic carbocycles. The molecule has 0 saturated heterocycles. The first kappa shape index (κ1) is 39.1. The van der Waals surface area contributed by atoms with E-state index in [0.29, 0.717) is 0 Å². The standard InChI is InChI=1S/C62H47N3O2/c1-61(2)47-27-15-16-28-51(47)65(52-35-33-44(37-50(52)61)63(41-20-8-5-9-21-41)42-22-10-6-11-23-42)55-39-49-45(60-59(55)46-26-14-18-30-56(46)67-60)34-32-40-36-58-54(38-48(40)62(49,3)4)64(43-24-12-7-13-25-43)53-29-17-19-31-57(53)66-58/h5-39H,1-4H3. The molecule has 0 fully saturated rings. The monoisotopic (exact) mass is 865 g/mol. The summed E-state index contributed by atoms with van der Waals surface area (Å²) in [5.41, 5.74) is 17.8. The minimum atomic E-state index is -0.489. The lowest BCUT2D eigenvalue weighted by Crippen LogP contribution is -2.31. The smallest absolute Gasteiger partial charge is 0.152 e. The van der Waals surface area contributed by atoms with E-state index < -0.39 is 5.41 Å². The van der Waals surface area contributed by atoms with Crippen LogP contribution in [0.15, 0.2) is 205 Å². The Bertz CT molecular complexity index is 3590. The fraction of sp³-hybridized carbons (Fsp3) is 0.0968. The molecular formula is C62H47N3O2. The molecule has 0 bridgehead atoms. The first-order valence-electron chi connectivity index (χ1n) is 23.2. The maximum atomic E-state index is 7.09. The Morgan fingerprint density at radius 1 is 0.418 bits per heavy atom. The summed E-state index contributed by atoms with van der Waals surface area (Å²) >= 11 is 0. The minimum absolute atomic E-state index is 0.327. The van der Waals surface area contributed by atoms with Gasteiger partial charge in [0.25, 0.3) is 0 Å². The number of anilines is 9. The van der Waals surface area contributed by atoms with E-state index in [-0.39, 0.29) is 5.41 Å². The van der Waals surface area contributed by atoms with Crippen molar-refractivity contribution in [2.24, 2.45) is 0 Å². The van der Waals surface area contributed by atoms with Crippen LogP contribution < -0.4 is 19.4 Å². The number of rotatable bonds is 5. The van der Waals surface area contributed by atoms with Gasteiger partial charge in [-0.1, -0.05) is 143 Å². The summed E-state index contributed by atoms with van der Waals surface area (Å²) in [6.45, 7) is 9.46. The maximum Gasteiger partial charge on any atom is 0.152 e. The molecule has 9 aromatic carbocycles. The van der Waals surface area contributed by atoms with Crippen LogP contribution in [0.25, 0.3) is 34.1 Å². The van der Waals surface area contributed by atoms with E-state index in [2.05, 4.69) is 249 Å². The van der Waals surface area contributed by atoms with Crippen molar-refractivity contribution in [3.8, 4) is 11.5 Å². The van der Waals surface area contributed by atoms with Crippen molar-refractivity contribution in [2.45, 2.75) is 38.5 Å². The maximum absolute atomic E-state index is 7.09. The Morgan fingerprint density at radius 2 is 1.03 bits per heavy atom. The highest BCUT2D eigenvalue weighted by Crippen LogP contribution is 2.58. The van der Waals surface area contributed by atoms with Crippen molar-refractivity contribution < 1.29 is 9.15 Å². The Morgan fingerprint density at radius 3 is 1.79 bits per heavy atom. The molecule has 3 aliphatic rings. The normalized spacial score (nSPS) is 14.8. The topological polar surface area (TPSA) is 32.1 Å². The number of para-hydroxylation sites is 7. The highest BCUT2D eigenvalue weighted by Gasteiger charge is 2.41. The lowest BCUT2D eigenvalue weighted by atomic mass is 9.72. The van der Waals surface area contributed by atoms with Gasteiger partial charge in [0.15, 0.2) is 11.5 Å². The predicted molar refractivity (Wildman–Crippen MR) is 277 cm³/mol. The number of hydrogen-bond acceptors (Lipinski definition) is 5. The third kappa shape index (κ3) is 5.87. The molecule has 10 aromatic rings. The van der Waals surface area contributed by atoms with E-state index >= 15 is 0 Å². The van der Waals surface area contributed by atoms with Gasteiger partial charge in [0.05, 0.1) is 33.8 Å². The molecule has 0 spiro atoms. The van der Waals surface area contributed by atoms with E-state index in [4.69, 9.17) is 9.15 Å². The Labute approximate surface area is 391 Å². The third-order valence-electron chi connectivity index (χ3n) is 14.4. The summed E-state index contributed by atoms with van der Waals surface area (Å²) in [7, 11) is 0. The zero-order chi connectivity index (χ0) is 45.0. The van der Waals surface area contributed by atoms with Crippen molar-refractivity contribution in [2.75, 3.05) is 14.7 Å². The number of fused-ring (bicyclic) bond motifs is 10. The summed E-state index contributed by atoms with van der Waals surface area (Å²) in [4.78, 5) is 7.21. The molecule has 0 N–H and O–H groups in total. The first-order valence-corrected chi connectivity index (χ1v) is 23.2. The van der Waals surface area contributed by atoms with Crippen LogP contribution in [0.1, 0.15) is 61.1 Å².